The van der Waals surface area contributed by atoms with Crippen LogP contribution in [0.15, 0.2) is 73.6 Å². The molecule has 3 heterocycles. The standard InChI is InChI=1S/C20H16N6O2S/c27-19(23-11-14-2-1-9-21-10-14)17-7-8-18(29-17)20(28)25-15-3-5-16(6-4-15)26-13-22-12-24-26/h1-10,12-13H,11H2,(H,23,27)(H,25,28). The molecule has 4 rings (SSSR count). The number of nitrogens with zero attached hydrogens (tertiary/aromatic N) is 4. The maximum atomic E-state index is 12.5. The van der Waals surface area contributed by atoms with E-state index < -0.39 is 0 Å². The van der Waals surface area contributed by atoms with Gasteiger partial charge in [0, 0.05) is 24.6 Å². The zero-order valence-electron chi connectivity index (χ0n) is 15.1. The Morgan fingerprint density at radius 2 is 1.76 bits per heavy atom. The topological polar surface area (TPSA) is 102 Å². The summed E-state index contributed by atoms with van der Waals surface area (Å²) in [4.78, 5) is 33.6. The third-order valence-corrected chi connectivity index (χ3v) is 5.12. The summed E-state index contributed by atoms with van der Waals surface area (Å²) in [6.45, 7) is 0.379. The molecule has 0 saturated carbocycles. The lowest BCUT2D eigenvalue weighted by atomic mass is 10.2. The van der Waals surface area contributed by atoms with E-state index in [1.807, 2.05) is 24.3 Å². The number of anilines is 1. The molecule has 0 aliphatic carbocycles. The first-order valence-corrected chi connectivity index (χ1v) is 9.54. The first-order chi connectivity index (χ1) is 14.2. The summed E-state index contributed by atoms with van der Waals surface area (Å²) in [7, 11) is 0. The van der Waals surface area contributed by atoms with Gasteiger partial charge in [0.05, 0.1) is 15.4 Å². The molecule has 0 spiro atoms. The second-order valence-corrected chi connectivity index (χ2v) is 7.13. The van der Waals surface area contributed by atoms with Crippen molar-refractivity contribution < 1.29 is 9.59 Å². The van der Waals surface area contributed by atoms with Crippen molar-refractivity contribution in [2.45, 2.75) is 6.54 Å². The summed E-state index contributed by atoms with van der Waals surface area (Å²) >= 11 is 1.14. The highest BCUT2D eigenvalue weighted by Gasteiger charge is 2.14. The van der Waals surface area contributed by atoms with E-state index in [-0.39, 0.29) is 11.8 Å². The smallest absolute Gasteiger partial charge is 0.265 e. The number of pyridine rings is 1. The molecule has 2 amide bonds. The second kappa shape index (κ2) is 8.44. The van der Waals surface area contributed by atoms with E-state index in [1.54, 1.807) is 47.7 Å². The fourth-order valence-corrected chi connectivity index (χ4v) is 3.40. The number of amides is 2. The molecular formula is C20H16N6O2S. The van der Waals surface area contributed by atoms with E-state index in [4.69, 9.17) is 0 Å². The Kier molecular flexibility index (Phi) is 5.39. The summed E-state index contributed by atoms with van der Waals surface area (Å²) in [5.74, 6) is -0.495. The lowest BCUT2D eigenvalue weighted by Crippen LogP contribution is -2.21. The highest BCUT2D eigenvalue weighted by Crippen LogP contribution is 2.19. The Labute approximate surface area is 170 Å². The maximum absolute atomic E-state index is 12.5. The van der Waals surface area contributed by atoms with Gasteiger partial charge in [-0.05, 0) is 48.0 Å². The number of hydrogen-bond donors (Lipinski definition) is 2. The van der Waals surface area contributed by atoms with Crippen LogP contribution in [0.2, 0.25) is 0 Å². The molecule has 0 radical (unpaired) electrons. The normalized spacial score (nSPS) is 10.5. The van der Waals surface area contributed by atoms with Crippen LogP contribution in [0.1, 0.15) is 24.9 Å². The van der Waals surface area contributed by atoms with Gasteiger partial charge in [-0.2, -0.15) is 5.10 Å². The summed E-state index contributed by atoms with van der Waals surface area (Å²) in [6.07, 6.45) is 6.43. The van der Waals surface area contributed by atoms with Gasteiger partial charge < -0.3 is 10.6 Å². The predicted octanol–water partition coefficient (Wildman–Crippen LogP) is 2.91. The number of aromatic nitrogens is 4. The molecule has 0 aliphatic heterocycles. The van der Waals surface area contributed by atoms with Gasteiger partial charge in [-0.15, -0.1) is 11.3 Å². The third-order valence-electron chi connectivity index (χ3n) is 4.04. The number of carbonyl (C=O) groups excluding carboxylic acids is 2. The van der Waals surface area contributed by atoms with Crippen LogP contribution in [-0.4, -0.2) is 31.6 Å². The number of hydrogen-bond acceptors (Lipinski definition) is 6. The van der Waals surface area contributed by atoms with Gasteiger partial charge in [-0.1, -0.05) is 6.07 Å². The lowest BCUT2D eigenvalue weighted by molar-refractivity contribution is 0.0954. The number of nitrogens with one attached hydrogen (secondary N) is 2. The van der Waals surface area contributed by atoms with Crippen LogP contribution in [0.4, 0.5) is 5.69 Å². The summed E-state index contributed by atoms with van der Waals surface area (Å²) in [5.41, 5.74) is 2.39. The third kappa shape index (κ3) is 4.53. The van der Waals surface area contributed by atoms with E-state index >= 15 is 0 Å². The largest absolute Gasteiger partial charge is 0.347 e. The zero-order valence-corrected chi connectivity index (χ0v) is 16.0. The first-order valence-electron chi connectivity index (χ1n) is 8.72. The van der Waals surface area contributed by atoms with Gasteiger partial charge in [-0.25, -0.2) is 9.67 Å². The van der Waals surface area contributed by atoms with Gasteiger partial charge in [0.25, 0.3) is 11.8 Å². The number of thiophene rings is 1. The minimum atomic E-state index is -0.269. The fraction of sp³-hybridized carbons (Fsp3) is 0.0500. The molecular weight excluding hydrogens is 388 g/mol. The molecule has 0 unspecified atom stereocenters. The second-order valence-electron chi connectivity index (χ2n) is 6.05. The minimum absolute atomic E-state index is 0.227. The monoisotopic (exact) mass is 404 g/mol. The van der Waals surface area contributed by atoms with E-state index in [2.05, 4.69) is 25.7 Å². The highest BCUT2D eigenvalue weighted by atomic mass is 32.1. The number of benzene rings is 1. The van der Waals surface area contributed by atoms with E-state index in [1.165, 1.54) is 6.33 Å². The maximum Gasteiger partial charge on any atom is 0.265 e. The molecule has 1 aromatic carbocycles. The SMILES string of the molecule is O=C(NCc1cccnc1)c1ccc(C(=O)Nc2ccc(-n3cncn3)cc2)s1. The van der Waals surface area contributed by atoms with E-state index in [9.17, 15) is 9.59 Å². The quantitative estimate of drug-likeness (QED) is 0.514. The van der Waals surface area contributed by atoms with Gasteiger partial charge >= 0.3 is 0 Å². The minimum Gasteiger partial charge on any atom is -0.347 e. The molecule has 3 aromatic heterocycles. The molecule has 8 nitrogen and oxygen atoms in total. The van der Waals surface area contributed by atoms with Crippen molar-refractivity contribution in [1.82, 2.24) is 25.1 Å². The van der Waals surface area contributed by atoms with Crippen LogP contribution in [-0.2, 0) is 6.54 Å². The van der Waals surface area contributed by atoms with Crippen molar-refractivity contribution in [3.8, 4) is 5.69 Å². The number of carbonyl (C=O) groups is 2. The van der Waals surface area contributed by atoms with Crippen LogP contribution in [0.3, 0.4) is 0 Å². The number of rotatable bonds is 6. The zero-order chi connectivity index (χ0) is 20.1. The fourth-order valence-electron chi connectivity index (χ4n) is 2.59. The molecule has 9 heteroatoms. The molecule has 0 saturated heterocycles. The average molecular weight is 404 g/mol. The van der Waals surface area contributed by atoms with Gasteiger partial charge in [0.1, 0.15) is 12.7 Å². The van der Waals surface area contributed by atoms with E-state index in [0.29, 0.717) is 22.0 Å². The van der Waals surface area contributed by atoms with Gasteiger partial charge in [-0.3, -0.25) is 14.6 Å². The van der Waals surface area contributed by atoms with Crippen molar-refractivity contribution >= 4 is 28.8 Å². The summed E-state index contributed by atoms with van der Waals surface area (Å²) < 4.78 is 1.63. The van der Waals surface area contributed by atoms with Crippen molar-refractivity contribution in [3.63, 3.8) is 0 Å². The predicted molar refractivity (Wildman–Crippen MR) is 109 cm³/mol. The average Bonchev–Trinajstić information content (AvgIpc) is 3.46. The van der Waals surface area contributed by atoms with Crippen molar-refractivity contribution in [3.05, 3.63) is 88.9 Å². The molecule has 0 fully saturated rings. The Morgan fingerprint density at radius 1 is 0.966 bits per heavy atom. The van der Waals surface area contributed by atoms with Crippen LogP contribution >= 0.6 is 11.3 Å². The van der Waals surface area contributed by atoms with Gasteiger partial charge in [0.15, 0.2) is 0 Å². The lowest BCUT2D eigenvalue weighted by Gasteiger charge is -2.05. The van der Waals surface area contributed by atoms with Crippen molar-refractivity contribution in [2.24, 2.45) is 0 Å². The van der Waals surface area contributed by atoms with Crippen LogP contribution in [0.5, 0.6) is 0 Å². The van der Waals surface area contributed by atoms with Gasteiger partial charge in [0.2, 0.25) is 0 Å². The van der Waals surface area contributed by atoms with Crippen molar-refractivity contribution in [1.29, 1.82) is 0 Å². The molecule has 2 N–H and O–H groups in total. The summed E-state index contributed by atoms with van der Waals surface area (Å²) in [5, 5.41) is 9.71. The molecule has 29 heavy (non-hydrogen) atoms. The molecule has 0 atom stereocenters. The molecule has 144 valence electrons. The molecule has 0 bridgehead atoms. The highest BCUT2D eigenvalue weighted by molar-refractivity contribution is 7.16. The van der Waals surface area contributed by atoms with Crippen LogP contribution in [0, 0.1) is 0 Å². The van der Waals surface area contributed by atoms with Crippen LogP contribution in [0.25, 0.3) is 5.69 Å². The first kappa shape index (κ1) is 18.5. The molecule has 0 aliphatic rings. The van der Waals surface area contributed by atoms with Crippen LogP contribution < -0.4 is 10.6 Å². The Morgan fingerprint density at radius 3 is 2.45 bits per heavy atom. The Bertz CT molecular complexity index is 1110. The Balaban J connectivity index is 1.36. The Hall–Kier alpha value is -3.85. The van der Waals surface area contributed by atoms with Crippen molar-refractivity contribution in [2.75, 3.05) is 5.32 Å². The summed E-state index contributed by atoms with van der Waals surface area (Å²) in [6, 6.07) is 14.2. The molecule has 4 aromatic rings. The van der Waals surface area contributed by atoms with E-state index in [0.717, 1.165) is 22.6 Å².